The molecule has 2 rings (SSSR count). The van der Waals surface area contributed by atoms with E-state index >= 15 is 0 Å². The molecule has 2 aromatic rings. The second-order valence-electron chi connectivity index (χ2n) is 4.38. The van der Waals surface area contributed by atoms with Crippen molar-refractivity contribution in [2.24, 2.45) is 5.84 Å². The molecule has 0 heterocycles. The Morgan fingerprint density at radius 1 is 1.11 bits per heavy atom. The molecule has 1 unspecified atom stereocenters. The molecular formula is C15H17ClN2O. The minimum atomic E-state index is -0.0910. The smallest absolute Gasteiger partial charge is 0.122 e. The van der Waals surface area contributed by atoms with E-state index in [1.54, 1.807) is 7.11 Å². The standard InChI is InChI=1S/C15H17ClN2O/c1-10-3-4-12(9-14(10)19-2)15(18-17)11-5-7-13(16)8-6-11/h3-9,15,18H,17H2,1-2H3. The summed E-state index contributed by atoms with van der Waals surface area (Å²) in [4.78, 5) is 0. The number of hydrazine groups is 1. The fourth-order valence-corrected chi connectivity index (χ4v) is 2.18. The zero-order valence-electron chi connectivity index (χ0n) is 11.0. The quantitative estimate of drug-likeness (QED) is 0.666. The van der Waals surface area contributed by atoms with Gasteiger partial charge in [0.2, 0.25) is 0 Å². The molecule has 0 saturated heterocycles. The molecular weight excluding hydrogens is 260 g/mol. The van der Waals surface area contributed by atoms with E-state index in [0.29, 0.717) is 5.02 Å². The third kappa shape index (κ3) is 3.07. The van der Waals surface area contributed by atoms with Crippen LogP contribution in [0.1, 0.15) is 22.7 Å². The van der Waals surface area contributed by atoms with E-state index in [-0.39, 0.29) is 6.04 Å². The molecule has 0 aliphatic rings. The monoisotopic (exact) mass is 276 g/mol. The zero-order valence-corrected chi connectivity index (χ0v) is 11.7. The predicted molar refractivity (Wildman–Crippen MR) is 78.3 cm³/mol. The van der Waals surface area contributed by atoms with Crippen molar-refractivity contribution < 1.29 is 4.74 Å². The first kappa shape index (κ1) is 13.9. The summed E-state index contributed by atoms with van der Waals surface area (Å²) in [6, 6.07) is 13.6. The third-order valence-corrected chi connectivity index (χ3v) is 3.39. The number of rotatable bonds is 4. The summed E-state index contributed by atoms with van der Waals surface area (Å²) in [5, 5.41) is 0.709. The van der Waals surface area contributed by atoms with E-state index in [0.717, 1.165) is 22.4 Å². The van der Waals surface area contributed by atoms with Crippen molar-refractivity contribution in [2.45, 2.75) is 13.0 Å². The molecule has 1 atom stereocenters. The molecule has 0 fully saturated rings. The lowest BCUT2D eigenvalue weighted by atomic mass is 9.98. The number of ether oxygens (including phenoxy) is 1. The number of nitrogens with two attached hydrogens (primary N) is 1. The van der Waals surface area contributed by atoms with Crippen LogP contribution in [-0.4, -0.2) is 7.11 Å². The van der Waals surface area contributed by atoms with Gasteiger partial charge in [0.15, 0.2) is 0 Å². The van der Waals surface area contributed by atoms with Gasteiger partial charge in [-0.25, -0.2) is 5.43 Å². The van der Waals surface area contributed by atoms with Crippen LogP contribution >= 0.6 is 11.6 Å². The van der Waals surface area contributed by atoms with E-state index in [1.165, 1.54) is 0 Å². The Balaban J connectivity index is 2.39. The molecule has 100 valence electrons. The minimum absolute atomic E-state index is 0.0910. The lowest BCUT2D eigenvalue weighted by molar-refractivity contribution is 0.410. The summed E-state index contributed by atoms with van der Waals surface area (Å²) >= 11 is 5.90. The van der Waals surface area contributed by atoms with Gasteiger partial charge < -0.3 is 4.74 Å². The maximum atomic E-state index is 5.90. The summed E-state index contributed by atoms with van der Waals surface area (Å²) in [5.41, 5.74) is 6.02. The Kier molecular flexibility index (Phi) is 4.43. The van der Waals surface area contributed by atoms with Crippen LogP contribution in [0.5, 0.6) is 5.75 Å². The highest BCUT2D eigenvalue weighted by Gasteiger charge is 2.13. The molecule has 0 bridgehead atoms. The Morgan fingerprint density at radius 3 is 2.32 bits per heavy atom. The van der Waals surface area contributed by atoms with Gasteiger partial charge in [-0.1, -0.05) is 35.9 Å². The third-order valence-electron chi connectivity index (χ3n) is 3.14. The van der Waals surface area contributed by atoms with Gasteiger partial charge in [0.1, 0.15) is 5.75 Å². The van der Waals surface area contributed by atoms with Crippen LogP contribution in [-0.2, 0) is 0 Å². The number of hydrogen-bond acceptors (Lipinski definition) is 3. The fraction of sp³-hybridized carbons (Fsp3) is 0.200. The van der Waals surface area contributed by atoms with E-state index in [2.05, 4.69) is 5.43 Å². The first-order chi connectivity index (χ1) is 9.15. The van der Waals surface area contributed by atoms with Crippen molar-refractivity contribution in [1.82, 2.24) is 5.43 Å². The van der Waals surface area contributed by atoms with Crippen molar-refractivity contribution >= 4 is 11.6 Å². The van der Waals surface area contributed by atoms with E-state index < -0.39 is 0 Å². The number of hydrogen-bond donors (Lipinski definition) is 2. The van der Waals surface area contributed by atoms with Gasteiger partial charge in [-0.3, -0.25) is 5.84 Å². The summed E-state index contributed by atoms with van der Waals surface area (Å²) in [6.45, 7) is 2.01. The molecule has 0 aromatic heterocycles. The van der Waals surface area contributed by atoms with Crippen molar-refractivity contribution in [3.8, 4) is 5.75 Å². The van der Waals surface area contributed by atoms with Crippen LogP contribution in [0, 0.1) is 6.92 Å². The average Bonchev–Trinajstić information content (AvgIpc) is 2.43. The van der Waals surface area contributed by atoms with Crippen LogP contribution in [0.2, 0.25) is 5.02 Å². The summed E-state index contributed by atoms with van der Waals surface area (Å²) < 4.78 is 5.35. The maximum Gasteiger partial charge on any atom is 0.122 e. The first-order valence-corrected chi connectivity index (χ1v) is 6.39. The molecule has 0 radical (unpaired) electrons. The number of halogens is 1. The fourth-order valence-electron chi connectivity index (χ4n) is 2.06. The van der Waals surface area contributed by atoms with Gasteiger partial charge in [0.25, 0.3) is 0 Å². The van der Waals surface area contributed by atoms with Crippen LogP contribution in [0.3, 0.4) is 0 Å². The van der Waals surface area contributed by atoms with Crippen molar-refractivity contribution in [2.75, 3.05) is 7.11 Å². The number of benzene rings is 2. The second-order valence-corrected chi connectivity index (χ2v) is 4.82. The van der Waals surface area contributed by atoms with Gasteiger partial charge in [-0.05, 0) is 41.8 Å². The molecule has 0 saturated carbocycles. The van der Waals surface area contributed by atoms with Crippen LogP contribution < -0.4 is 16.0 Å². The van der Waals surface area contributed by atoms with E-state index in [1.807, 2.05) is 49.4 Å². The molecule has 0 aliphatic carbocycles. The lowest BCUT2D eigenvalue weighted by Gasteiger charge is -2.18. The maximum absolute atomic E-state index is 5.90. The van der Waals surface area contributed by atoms with E-state index in [9.17, 15) is 0 Å². The van der Waals surface area contributed by atoms with Crippen molar-refractivity contribution in [3.05, 3.63) is 64.2 Å². The molecule has 0 amide bonds. The second kappa shape index (κ2) is 6.06. The Morgan fingerprint density at radius 2 is 1.74 bits per heavy atom. The Labute approximate surface area is 118 Å². The molecule has 2 aromatic carbocycles. The Bertz CT molecular complexity index is 555. The zero-order chi connectivity index (χ0) is 13.8. The highest BCUT2D eigenvalue weighted by atomic mass is 35.5. The van der Waals surface area contributed by atoms with Crippen LogP contribution in [0.25, 0.3) is 0 Å². The summed E-state index contributed by atoms with van der Waals surface area (Å²) in [5.74, 6) is 6.53. The first-order valence-electron chi connectivity index (χ1n) is 6.02. The summed E-state index contributed by atoms with van der Waals surface area (Å²) in [6.07, 6.45) is 0. The average molecular weight is 277 g/mol. The van der Waals surface area contributed by atoms with Crippen LogP contribution in [0.4, 0.5) is 0 Å². The van der Waals surface area contributed by atoms with Crippen molar-refractivity contribution in [3.63, 3.8) is 0 Å². The topological polar surface area (TPSA) is 47.3 Å². The van der Waals surface area contributed by atoms with Crippen molar-refractivity contribution in [1.29, 1.82) is 0 Å². The normalized spacial score (nSPS) is 12.2. The van der Waals surface area contributed by atoms with Gasteiger partial charge in [-0.15, -0.1) is 0 Å². The highest BCUT2D eigenvalue weighted by molar-refractivity contribution is 6.30. The number of methoxy groups -OCH3 is 1. The summed E-state index contributed by atoms with van der Waals surface area (Å²) in [7, 11) is 1.67. The van der Waals surface area contributed by atoms with Gasteiger partial charge in [0, 0.05) is 5.02 Å². The number of nitrogens with one attached hydrogen (secondary N) is 1. The molecule has 3 N–H and O–H groups in total. The molecule has 4 heteroatoms. The molecule has 0 spiro atoms. The lowest BCUT2D eigenvalue weighted by Crippen LogP contribution is -2.28. The molecule has 3 nitrogen and oxygen atoms in total. The molecule has 19 heavy (non-hydrogen) atoms. The van der Waals surface area contributed by atoms with Crippen LogP contribution in [0.15, 0.2) is 42.5 Å². The molecule has 0 aliphatic heterocycles. The number of aryl methyl sites for hydroxylation is 1. The van der Waals surface area contributed by atoms with E-state index in [4.69, 9.17) is 22.2 Å². The SMILES string of the molecule is COc1cc(C(NN)c2ccc(Cl)cc2)ccc1C. The largest absolute Gasteiger partial charge is 0.496 e. The highest BCUT2D eigenvalue weighted by Crippen LogP contribution is 2.27. The van der Waals surface area contributed by atoms with Gasteiger partial charge >= 0.3 is 0 Å². The van der Waals surface area contributed by atoms with Gasteiger partial charge in [-0.2, -0.15) is 0 Å². The minimum Gasteiger partial charge on any atom is -0.496 e. The predicted octanol–water partition coefficient (Wildman–Crippen LogP) is 3.21. The van der Waals surface area contributed by atoms with Gasteiger partial charge in [0.05, 0.1) is 13.2 Å². The Hall–Kier alpha value is -1.55.